The molecule has 1 aliphatic rings. The van der Waals surface area contributed by atoms with Crippen LogP contribution in [0.3, 0.4) is 0 Å². The second kappa shape index (κ2) is 7.11. The summed E-state index contributed by atoms with van der Waals surface area (Å²) in [6.07, 6.45) is 0. The molecule has 7 heteroatoms. The molecule has 0 fully saturated rings. The summed E-state index contributed by atoms with van der Waals surface area (Å²) >= 11 is 0. The first kappa shape index (κ1) is 17.8. The molecule has 0 saturated heterocycles. The molecule has 2 aromatic rings. The molecule has 0 bridgehead atoms. The van der Waals surface area contributed by atoms with Crippen molar-refractivity contribution in [2.45, 2.75) is 27.3 Å². The van der Waals surface area contributed by atoms with Crippen molar-refractivity contribution < 1.29 is 23.8 Å². The number of nitrogens with zero attached hydrogens (tertiary/aromatic N) is 1. The molecule has 3 rings (SSSR count). The van der Waals surface area contributed by atoms with Crippen molar-refractivity contribution in [3.05, 3.63) is 46.3 Å². The van der Waals surface area contributed by atoms with Gasteiger partial charge in [0.2, 0.25) is 6.79 Å². The van der Waals surface area contributed by atoms with Crippen molar-refractivity contribution in [1.82, 2.24) is 9.88 Å². The summed E-state index contributed by atoms with van der Waals surface area (Å²) in [4.78, 5) is 29.5. The lowest BCUT2D eigenvalue weighted by Crippen LogP contribution is -2.27. The van der Waals surface area contributed by atoms with E-state index in [1.165, 1.54) is 0 Å². The zero-order chi connectivity index (χ0) is 18.8. The second-order valence-electron chi connectivity index (χ2n) is 6.19. The lowest BCUT2D eigenvalue weighted by Gasteiger charge is -2.17. The zero-order valence-electron chi connectivity index (χ0n) is 15.3. The van der Waals surface area contributed by atoms with Crippen LogP contribution in [0, 0.1) is 13.8 Å². The summed E-state index contributed by atoms with van der Waals surface area (Å²) in [5.74, 6) is 0.771. The quantitative estimate of drug-likeness (QED) is 0.831. The summed E-state index contributed by atoms with van der Waals surface area (Å²) < 4.78 is 15.7. The average molecular weight is 358 g/mol. The number of benzene rings is 1. The number of hydrogen-bond donors (Lipinski definition) is 1. The van der Waals surface area contributed by atoms with Crippen molar-refractivity contribution in [1.29, 1.82) is 0 Å². The number of carbonyl (C=O) groups is 2. The fourth-order valence-corrected chi connectivity index (χ4v) is 3.05. The third-order valence-corrected chi connectivity index (χ3v) is 4.33. The number of ether oxygens (including phenoxy) is 3. The lowest BCUT2D eigenvalue weighted by molar-refractivity contribution is 0.0525. The van der Waals surface area contributed by atoms with Crippen molar-refractivity contribution in [2.75, 3.05) is 20.4 Å². The van der Waals surface area contributed by atoms with Crippen molar-refractivity contribution in [2.24, 2.45) is 0 Å². The van der Waals surface area contributed by atoms with E-state index in [0.29, 0.717) is 40.6 Å². The molecule has 0 saturated carbocycles. The molecule has 2 heterocycles. The summed E-state index contributed by atoms with van der Waals surface area (Å²) in [5, 5.41) is 0. The van der Waals surface area contributed by atoms with Crippen LogP contribution in [0.5, 0.6) is 11.5 Å². The minimum absolute atomic E-state index is 0.196. The SMILES string of the molecule is CCOC(=O)c1c(C)[nH]c(C(=O)N(C)Cc2ccc3c(c2)OCO3)c1C. The fourth-order valence-electron chi connectivity index (χ4n) is 3.05. The van der Waals surface area contributed by atoms with Crippen LogP contribution >= 0.6 is 0 Å². The van der Waals surface area contributed by atoms with Gasteiger partial charge in [0.1, 0.15) is 5.69 Å². The van der Waals surface area contributed by atoms with E-state index in [2.05, 4.69) is 4.98 Å². The molecule has 1 amide bonds. The summed E-state index contributed by atoms with van der Waals surface area (Å²) in [6.45, 7) is 6.16. The van der Waals surface area contributed by atoms with Crippen LogP contribution in [0.2, 0.25) is 0 Å². The van der Waals surface area contributed by atoms with Crippen LogP contribution < -0.4 is 9.47 Å². The smallest absolute Gasteiger partial charge is 0.340 e. The van der Waals surface area contributed by atoms with Gasteiger partial charge in [0.25, 0.3) is 5.91 Å². The molecule has 138 valence electrons. The molecule has 1 aromatic carbocycles. The second-order valence-corrected chi connectivity index (χ2v) is 6.19. The number of rotatable bonds is 5. The Morgan fingerprint density at radius 2 is 1.96 bits per heavy atom. The minimum Gasteiger partial charge on any atom is -0.462 e. The number of aromatic nitrogens is 1. The number of nitrogens with one attached hydrogen (secondary N) is 1. The molecule has 1 aliphatic heterocycles. The summed E-state index contributed by atoms with van der Waals surface area (Å²) in [6, 6.07) is 5.59. The Hall–Kier alpha value is -2.96. The Labute approximate surface area is 151 Å². The molecule has 1 N–H and O–H groups in total. The molecular formula is C19H22N2O5. The van der Waals surface area contributed by atoms with Crippen LogP contribution in [0.15, 0.2) is 18.2 Å². The van der Waals surface area contributed by atoms with E-state index in [1.54, 1.807) is 32.7 Å². The first-order valence-electron chi connectivity index (χ1n) is 8.42. The Morgan fingerprint density at radius 3 is 2.69 bits per heavy atom. The van der Waals surface area contributed by atoms with Gasteiger partial charge >= 0.3 is 5.97 Å². The molecule has 0 unspecified atom stereocenters. The summed E-state index contributed by atoms with van der Waals surface area (Å²) in [5.41, 5.74) is 2.97. The molecule has 0 atom stereocenters. The van der Waals surface area contributed by atoms with E-state index in [9.17, 15) is 9.59 Å². The monoisotopic (exact) mass is 358 g/mol. The fraction of sp³-hybridized carbons (Fsp3) is 0.368. The Morgan fingerprint density at radius 1 is 1.23 bits per heavy atom. The van der Waals surface area contributed by atoms with Gasteiger partial charge in [0.05, 0.1) is 12.2 Å². The highest BCUT2D eigenvalue weighted by atomic mass is 16.7. The van der Waals surface area contributed by atoms with E-state index in [-0.39, 0.29) is 19.3 Å². The third kappa shape index (κ3) is 3.24. The van der Waals surface area contributed by atoms with Crippen molar-refractivity contribution >= 4 is 11.9 Å². The van der Waals surface area contributed by atoms with E-state index < -0.39 is 5.97 Å². The van der Waals surface area contributed by atoms with Gasteiger partial charge < -0.3 is 24.1 Å². The van der Waals surface area contributed by atoms with Gasteiger partial charge in [0.15, 0.2) is 11.5 Å². The summed E-state index contributed by atoms with van der Waals surface area (Å²) in [7, 11) is 1.71. The number of carbonyl (C=O) groups excluding carboxylic acids is 2. The standard InChI is InChI=1S/C19H22N2O5/c1-5-24-19(23)16-11(2)17(20-12(16)3)18(22)21(4)9-13-6-7-14-15(8-13)26-10-25-14/h6-8,20H,5,9-10H2,1-4H3. The molecule has 0 aliphatic carbocycles. The highest BCUT2D eigenvalue weighted by molar-refractivity contribution is 6.00. The van der Waals surface area contributed by atoms with Gasteiger partial charge in [-0.05, 0) is 44.0 Å². The number of hydrogen-bond acceptors (Lipinski definition) is 5. The first-order chi connectivity index (χ1) is 12.4. The van der Waals surface area contributed by atoms with E-state index in [1.807, 2.05) is 18.2 Å². The third-order valence-electron chi connectivity index (χ3n) is 4.33. The van der Waals surface area contributed by atoms with Crippen molar-refractivity contribution in [3.8, 4) is 11.5 Å². The van der Waals surface area contributed by atoms with E-state index >= 15 is 0 Å². The predicted octanol–water partition coefficient (Wildman–Crippen LogP) is 2.81. The van der Waals surface area contributed by atoms with Crippen molar-refractivity contribution in [3.63, 3.8) is 0 Å². The maximum atomic E-state index is 12.8. The predicted molar refractivity (Wildman–Crippen MR) is 94.6 cm³/mol. The van der Waals surface area contributed by atoms with Crippen LogP contribution in [-0.2, 0) is 11.3 Å². The maximum Gasteiger partial charge on any atom is 0.340 e. The molecule has 1 aromatic heterocycles. The van der Waals surface area contributed by atoms with Gasteiger partial charge in [-0.25, -0.2) is 4.79 Å². The van der Waals surface area contributed by atoms with E-state index in [0.717, 1.165) is 5.56 Å². The van der Waals surface area contributed by atoms with Gasteiger partial charge in [-0.15, -0.1) is 0 Å². The lowest BCUT2D eigenvalue weighted by atomic mass is 10.1. The number of aromatic amines is 1. The highest BCUT2D eigenvalue weighted by Crippen LogP contribution is 2.32. The van der Waals surface area contributed by atoms with E-state index in [4.69, 9.17) is 14.2 Å². The number of fused-ring (bicyclic) bond motifs is 1. The zero-order valence-corrected chi connectivity index (χ0v) is 15.3. The number of aryl methyl sites for hydroxylation is 1. The Balaban J connectivity index is 1.78. The average Bonchev–Trinajstić information content (AvgIpc) is 3.18. The minimum atomic E-state index is -0.420. The van der Waals surface area contributed by atoms with Crippen LogP contribution in [-0.4, -0.2) is 42.2 Å². The van der Waals surface area contributed by atoms with Gasteiger partial charge in [-0.1, -0.05) is 6.07 Å². The molecule has 7 nitrogen and oxygen atoms in total. The molecule has 0 radical (unpaired) electrons. The Bertz CT molecular complexity index is 856. The largest absolute Gasteiger partial charge is 0.462 e. The van der Waals surface area contributed by atoms with Crippen LogP contribution in [0.1, 0.15) is 44.6 Å². The maximum absolute atomic E-state index is 12.8. The van der Waals surface area contributed by atoms with Gasteiger partial charge in [0, 0.05) is 19.3 Å². The number of H-pyrrole nitrogens is 1. The highest BCUT2D eigenvalue weighted by Gasteiger charge is 2.25. The van der Waals surface area contributed by atoms with Gasteiger partial charge in [-0.2, -0.15) is 0 Å². The first-order valence-corrected chi connectivity index (χ1v) is 8.42. The molecule has 0 spiro atoms. The number of amides is 1. The molecular weight excluding hydrogens is 336 g/mol. The normalized spacial score (nSPS) is 12.2. The number of esters is 1. The molecule has 26 heavy (non-hydrogen) atoms. The van der Waals surface area contributed by atoms with Crippen LogP contribution in [0.25, 0.3) is 0 Å². The Kier molecular flexibility index (Phi) is 4.88. The van der Waals surface area contributed by atoms with Crippen LogP contribution in [0.4, 0.5) is 0 Å². The topological polar surface area (TPSA) is 80.9 Å². The van der Waals surface area contributed by atoms with Gasteiger partial charge in [-0.3, -0.25) is 4.79 Å².